The summed E-state index contributed by atoms with van der Waals surface area (Å²) in [7, 11) is 0. The zero-order chi connectivity index (χ0) is 15.1. The third-order valence-corrected chi connectivity index (χ3v) is 3.39. The van der Waals surface area contributed by atoms with Crippen LogP contribution in [0.15, 0.2) is 18.2 Å². The van der Waals surface area contributed by atoms with E-state index in [0.29, 0.717) is 5.92 Å². The molecule has 0 fully saturated rings. The van der Waals surface area contributed by atoms with Gasteiger partial charge in [0.2, 0.25) is 0 Å². The van der Waals surface area contributed by atoms with Gasteiger partial charge in [-0.3, -0.25) is 4.79 Å². The van der Waals surface area contributed by atoms with E-state index in [0.717, 1.165) is 6.42 Å². The van der Waals surface area contributed by atoms with E-state index in [1.807, 2.05) is 6.92 Å². The molecule has 2 atom stereocenters. The summed E-state index contributed by atoms with van der Waals surface area (Å²) in [5.74, 6) is 4.37. The van der Waals surface area contributed by atoms with Crippen molar-refractivity contribution in [3.05, 3.63) is 35.1 Å². The van der Waals surface area contributed by atoms with Gasteiger partial charge in [-0.05, 0) is 31.0 Å². The quantitative estimate of drug-likeness (QED) is 0.830. The third kappa shape index (κ3) is 4.36. The summed E-state index contributed by atoms with van der Waals surface area (Å²) in [6.07, 6.45) is 0.964. The average Bonchev–Trinajstić information content (AvgIpc) is 2.44. The molecule has 4 heteroatoms. The summed E-state index contributed by atoms with van der Waals surface area (Å²) in [4.78, 5) is 12.0. The highest BCUT2D eigenvalue weighted by Crippen LogP contribution is 2.11. The molecule has 0 aliphatic heterocycles. The third-order valence-electron chi connectivity index (χ3n) is 3.39. The Morgan fingerprint density at radius 2 is 2.15 bits per heavy atom. The fraction of sp³-hybridized carbons (Fsp3) is 0.438. The van der Waals surface area contributed by atoms with Gasteiger partial charge >= 0.3 is 0 Å². The van der Waals surface area contributed by atoms with E-state index in [-0.39, 0.29) is 29.7 Å². The lowest BCUT2D eigenvalue weighted by atomic mass is 10.0. The van der Waals surface area contributed by atoms with Gasteiger partial charge in [0.1, 0.15) is 12.4 Å². The van der Waals surface area contributed by atoms with Crippen LogP contribution in [0.5, 0.6) is 0 Å². The van der Waals surface area contributed by atoms with Crippen molar-refractivity contribution in [2.45, 2.75) is 33.2 Å². The van der Waals surface area contributed by atoms with Gasteiger partial charge in [0, 0.05) is 11.6 Å². The molecule has 3 nitrogen and oxygen atoms in total. The van der Waals surface area contributed by atoms with Crippen LogP contribution in [-0.2, 0) is 0 Å². The Balaban J connectivity index is 2.82. The number of aliphatic hydroxyl groups is 1. The Morgan fingerprint density at radius 3 is 2.70 bits per heavy atom. The number of hydrogen-bond donors (Lipinski definition) is 2. The van der Waals surface area contributed by atoms with Gasteiger partial charge in [-0.25, -0.2) is 4.39 Å². The molecule has 0 heterocycles. The first-order valence-electron chi connectivity index (χ1n) is 6.69. The number of carbonyl (C=O) groups is 1. The van der Waals surface area contributed by atoms with E-state index in [1.54, 1.807) is 0 Å². The Hall–Kier alpha value is -1.86. The van der Waals surface area contributed by atoms with E-state index in [1.165, 1.54) is 18.2 Å². The van der Waals surface area contributed by atoms with Crippen LogP contribution in [0.3, 0.4) is 0 Å². The maximum Gasteiger partial charge on any atom is 0.251 e. The van der Waals surface area contributed by atoms with E-state index < -0.39 is 5.82 Å². The van der Waals surface area contributed by atoms with Crippen LogP contribution in [-0.4, -0.2) is 23.7 Å². The normalized spacial score (nSPS) is 13.1. The molecule has 20 heavy (non-hydrogen) atoms. The van der Waals surface area contributed by atoms with Crippen LogP contribution < -0.4 is 5.32 Å². The summed E-state index contributed by atoms with van der Waals surface area (Å²) < 4.78 is 13.7. The monoisotopic (exact) mass is 277 g/mol. The molecule has 0 saturated heterocycles. The van der Waals surface area contributed by atoms with E-state index in [4.69, 9.17) is 5.11 Å². The van der Waals surface area contributed by atoms with Crippen LogP contribution in [0, 0.1) is 23.6 Å². The van der Waals surface area contributed by atoms with Crippen molar-refractivity contribution in [2.24, 2.45) is 5.92 Å². The predicted octanol–water partition coefficient (Wildman–Crippen LogP) is 2.33. The lowest BCUT2D eigenvalue weighted by molar-refractivity contribution is 0.0927. The van der Waals surface area contributed by atoms with Gasteiger partial charge in [0.15, 0.2) is 0 Å². The molecule has 0 aromatic heterocycles. The zero-order valence-electron chi connectivity index (χ0n) is 12.0. The summed E-state index contributed by atoms with van der Waals surface area (Å²) in [5, 5.41) is 11.4. The molecule has 1 aromatic carbocycles. The number of hydrogen-bond acceptors (Lipinski definition) is 2. The van der Waals surface area contributed by atoms with Crippen LogP contribution in [0.1, 0.15) is 43.1 Å². The molecule has 108 valence electrons. The Labute approximate surface area is 119 Å². The highest BCUT2D eigenvalue weighted by molar-refractivity contribution is 5.94. The first-order valence-corrected chi connectivity index (χ1v) is 6.69. The van der Waals surface area contributed by atoms with Crippen LogP contribution >= 0.6 is 0 Å². The topological polar surface area (TPSA) is 49.3 Å². The molecular weight excluding hydrogens is 257 g/mol. The second-order valence-corrected chi connectivity index (χ2v) is 4.80. The first-order chi connectivity index (χ1) is 9.49. The molecule has 1 rings (SSSR count). The Kier molecular flexibility index (Phi) is 6.20. The fourth-order valence-corrected chi connectivity index (χ4v) is 1.68. The summed E-state index contributed by atoms with van der Waals surface area (Å²) >= 11 is 0. The van der Waals surface area contributed by atoms with E-state index >= 15 is 0 Å². The van der Waals surface area contributed by atoms with Crippen molar-refractivity contribution in [1.82, 2.24) is 5.32 Å². The molecule has 0 spiro atoms. The smallest absolute Gasteiger partial charge is 0.251 e. The second kappa shape index (κ2) is 7.66. The van der Waals surface area contributed by atoms with Gasteiger partial charge in [-0.2, -0.15) is 0 Å². The number of nitrogens with one attached hydrogen (secondary N) is 1. The Morgan fingerprint density at radius 1 is 1.45 bits per heavy atom. The molecule has 2 unspecified atom stereocenters. The van der Waals surface area contributed by atoms with Gasteiger partial charge < -0.3 is 10.4 Å². The van der Waals surface area contributed by atoms with Crippen LogP contribution in [0.4, 0.5) is 4.39 Å². The number of amides is 1. The molecule has 0 saturated carbocycles. The van der Waals surface area contributed by atoms with Crippen LogP contribution in [0.25, 0.3) is 0 Å². The molecular formula is C16H20FNO2. The van der Waals surface area contributed by atoms with Crippen molar-refractivity contribution < 1.29 is 14.3 Å². The maximum absolute atomic E-state index is 13.7. The SMILES string of the molecule is CCC(C)C(C)NC(=O)c1ccc(C#CCO)c(F)c1. The second-order valence-electron chi connectivity index (χ2n) is 4.80. The fourth-order valence-electron chi connectivity index (χ4n) is 1.68. The number of benzene rings is 1. The van der Waals surface area contributed by atoms with Gasteiger partial charge in [0.05, 0.1) is 5.56 Å². The van der Waals surface area contributed by atoms with E-state index in [9.17, 15) is 9.18 Å². The van der Waals surface area contributed by atoms with Crippen molar-refractivity contribution in [3.8, 4) is 11.8 Å². The molecule has 0 bridgehead atoms. The first kappa shape index (κ1) is 16.2. The minimum absolute atomic E-state index is 0.0319. The maximum atomic E-state index is 13.7. The Bertz CT molecular complexity index is 531. The minimum atomic E-state index is -0.560. The van der Waals surface area contributed by atoms with Gasteiger partial charge in [0.25, 0.3) is 5.91 Å². The summed E-state index contributed by atoms with van der Waals surface area (Å²) in [6, 6.07) is 4.17. The van der Waals surface area contributed by atoms with Gasteiger partial charge in [-0.15, -0.1) is 0 Å². The van der Waals surface area contributed by atoms with Crippen molar-refractivity contribution in [2.75, 3.05) is 6.61 Å². The number of carbonyl (C=O) groups excluding carboxylic acids is 1. The standard InChI is InChI=1S/C16H20FNO2/c1-4-11(2)12(3)18-16(20)14-8-7-13(6-5-9-19)15(17)10-14/h7-8,10-12,19H,4,9H2,1-3H3,(H,18,20). The number of aliphatic hydroxyl groups excluding tert-OH is 1. The summed E-state index contributed by atoms with van der Waals surface area (Å²) in [5.41, 5.74) is 0.442. The molecule has 0 aliphatic carbocycles. The van der Waals surface area contributed by atoms with Crippen molar-refractivity contribution in [1.29, 1.82) is 0 Å². The lowest BCUT2D eigenvalue weighted by Gasteiger charge is -2.19. The van der Waals surface area contributed by atoms with Crippen molar-refractivity contribution >= 4 is 5.91 Å². The number of halogens is 1. The zero-order valence-corrected chi connectivity index (χ0v) is 12.0. The molecule has 0 aliphatic rings. The predicted molar refractivity (Wildman–Crippen MR) is 76.7 cm³/mol. The molecule has 1 aromatic rings. The minimum Gasteiger partial charge on any atom is -0.384 e. The average molecular weight is 277 g/mol. The van der Waals surface area contributed by atoms with E-state index in [2.05, 4.69) is 31.0 Å². The molecule has 1 amide bonds. The highest BCUT2D eigenvalue weighted by atomic mass is 19.1. The largest absolute Gasteiger partial charge is 0.384 e. The highest BCUT2D eigenvalue weighted by Gasteiger charge is 2.15. The lowest BCUT2D eigenvalue weighted by Crippen LogP contribution is -2.36. The summed E-state index contributed by atoms with van der Waals surface area (Å²) in [6.45, 7) is 5.72. The van der Waals surface area contributed by atoms with Crippen molar-refractivity contribution in [3.63, 3.8) is 0 Å². The molecule has 2 N–H and O–H groups in total. The van der Waals surface area contributed by atoms with Gasteiger partial charge in [-0.1, -0.05) is 32.1 Å². The van der Waals surface area contributed by atoms with Crippen LogP contribution in [0.2, 0.25) is 0 Å². The number of rotatable bonds is 4. The molecule has 0 radical (unpaired) electrons.